The smallest absolute Gasteiger partial charge is 0.309 e. The largest absolute Gasteiger partial charge is 0.469 e. The van der Waals surface area contributed by atoms with E-state index >= 15 is 0 Å². The van der Waals surface area contributed by atoms with Crippen LogP contribution in [0, 0.1) is 12.8 Å². The van der Waals surface area contributed by atoms with Gasteiger partial charge in [0.2, 0.25) is 0 Å². The lowest BCUT2D eigenvalue weighted by molar-refractivity contribution is -0.145. The van der Waals surface area contributed by atoms with Gasteiger partial charge in [0.1, 0.15) is 11.5 Å². The molecule has 2 unspecified atom stereocenters. The average Bonchev–Trinajstić information content (AvgIpc) is 2.69. The standard InChI is InChI=1S/C12H19NO3/c1-8-5-6-11(16-8)7-13-10(3)9(2)12(14)15-4/h5-6,9-10,13H,7H2,1-4H3. The van der Waals surface area contributed by atoms with Crippen LogP contribution >= 0.6 is 0 Å². The number of aryl methyl sites for hydroxylation is 1. The van der Waals surface area contributed by atoms with Crippen molar-refractivity contribution in [3.8, 4) is 0 Å². The highest BCUT2D eigenvalue weighted by Gasteiger charge is 2.20. The highest BCUT2D eigenvalue weighted by atomic mass is 16.5. The molecule has 0 amide bonds. The van der Waals surface area contributed by atoms with E-state index < -0.39 is 0 Å². The van der Waals surface area contributed by atoms with Gasteiger partial charge in [0.15, 0.2) is 0 Å². The monoisotopic (exact) mass is 225 g/mol. The maximum atomic E-state index is 11.3. The molecule has 4 heteroatoms. The van der Waals surface area contributed by atoms with E-state index in [1.807, 2.05) is 32.9 Å². The summed E-state index contributed by atoms with van der Waals surface area (Å²) in [6.07, 6.45) is 0. The summed E-state index contributed by atoms with van der Waals surface area (Å²) in [5.74, 6) is 1.41. The van der Waals surface area contributed by atoms with Crippen LogP contribution in [0.15, 0.2) is 16.5 Å². The fourth-order valence-electron chi connectivity index (χ4n) is 1.41. The van der Waals surface area contributed by atoms with Crippen LogP contribution in [0.5, 0.6) is 0 Å². The van der Waals surface area contributed by atoms with E-state index in [9.17, 15) is 4.79 Å². The first-order chi connectivity index (χ1) is 7.54. The lowest BCUT2D eigenvalue weighted by Crippen LogP contribution is -2.36. The molecule has 90 valence electrons. The molecule has 0 aliphatic carbocycles. The summed E-state index contributed by atoms with van der Waals surface area (Å²) in [5, 5.41) is 3.23. The summed E-state index contributed by atoms with van der Waals surface area (Å²) in [6, 6.07) is 3.90. The molecular weight excluding hydrogens is 206 g/mol. The number of esters is 1. The molecule has 1 rings (SSSR count). The Morgan fingerprint density at radius 3 is 2.69 bits per heavy atom. The first-order valence-electron chi connectivity index (χ1n) is 5.41. The Hall–Kier alpha value is -1.29. The van der Waals surface area contributed by atoms with Gasteiger partial charge in [-0.25, -0.2) is 0 Å². The van der Waals surface area contributed by atoms with Crippen LogP contribution in [-0.2, 0) is 16.1 Å². The van der Waals surface area contributed by atoms with Crippen molar-refractivity contribution in [1.82, 2.24) is 5.32 Å². The highest BCUT2D eigenvalue weighted by Crippen LogP contribution is 2.09. The van der Waals surface area contributed by atoms with Crippen molar-refractivity contribution in [3.63, 3.8) is 0 Å². The molecule has 16 heavy (non-hydrogen) atoms. The van der Waals surface area contributed by atoms with Crippen molar-refractivity contribution in [3.05, 3.63) is 23.7 Å². The Kier molecular flexibility index (Phi) is 4.55. The summed E-state index contributed by atoms with van der Waals surface area (Å²) in [7, 11) is 1.40. The van der Waals surface area contributed by atoms with Gasteiger partial charge < -0.3 is 14.5 Å². The summed E-state index contributed by atoms with van der Waals surface area (Å²) in [6.45, 7) is 6.33. The number of methoxy groups -OCH3 is 1. The number of hydrogen-bond acceptors (Lipinski definition) is 4. The summed E-state index contributed by atoms with van der Waals surface area (Å²) in [5.41, 5.74) is 0. The van der Waals surface area contributed by atoms with Gasteiger partial charge in [0, 0.05) is 6.04 Å². The molecule has 0 aliphatic rings. The van der Waals surface area contributed by atoms with E-state index in [1.165, 1.54) is 7.11 Å². The molecule has 4 nitrogen and oxygen atoms in total. The van der Waals surface area contributed by atoms with Gasteiger partial charge in [0.05, 0.1) is 19.6 Å². The topological polar surface area (TPSA) is 51.5 Å². The van der Waals surface area contributed by atoms with Crippen LogP contribution in [-0.4, -0.2) is 19.1 Å². The third kappa shape index (κ3) is 3.38. The van der Waals surface area contributed by atoms with E-state index in [2.05, 4.69) is 10.1 Å². The fourth-order valence-corrected chi connectivity index (χ4v) is 1.41. The van der Waals surface area contributed by atoms with Crippen LogP contribution in [0.2, 0.25) is 0 Å². The van der Waals surface area contributed by atoms with Crippen molar-refractivity contribution in [2.24, 2.45) is 5.92 Å². The number of hydrogen-bond donors (Lipinski definition) is 1. The van der Waals surface area contributed by atoms with Gasteiger partial charge in [-0.15, -0.1) is 0 Å². The minimum atomic E-state index is -0.198. The van der Waals surface area contributed by atoms with Crippen LogP contribution in [0.25, 0.3) is 0 Å². The average molecular weight is 225 g/mol. The van der Waals surface area contributed by atoms with E-state index in [1.54, 1.807) is 0 Å². The van der Waals surface area contributed by atoms with Crippen LogP contribution < -0.4 is 5.32 Å². The molecule has 0 spiro atoms. The molecule has 0 saturated carbocycles. The Balaban J connectivity index is 2.40. The molecule has 0 fully saturated rings. The normalized spacial score (nSPS) is 14.5. The second-order valence-corrected chi connectivity index (χ2v) is 3.99. The lowest BCUT2D eigenvalue weighted by Gasteiger charge is -2.18. The molecule has 2 atom stereocenters. The first kappa shape index (κ1) is 12.8. The van der Waals surface area contributed by atoms with Crippen molar-refractivity contribution >= 4 is 5.97 Å². The minimum Gasteiger partial charge on any atom is -0.469 e. The predicted octanol–water partition coefficient (Wildman–Crippen LogP) is 1.88. The number of rotatable bonds is 5. The van der Waals surface area contributed by atoms with E-state index in [4.69, 9.17) is 4.42 Å². The van der Waals surface area contributed by atoms with Gasteiger partial charge in [-0.2, -0.15) is 0 Å². The third-order valence-corrected chi connectivity index (χ3v) is 2.72. The predicted molar refractivity (Wildman–Crippen MR) is 60.9 cm³/mol. The van der Waals surface area contributed by atoms with Crippen molar-refractivity contribution < 1.29 is 13.9 Å². The number of nitrogens with one attached hydrogen (secondary N) is 1. The number of carbonyl (C=O) groups excluding carboxylic acids is 1. The molecule has 0 saturated heterocycles. The van der Waals surface area contributed by atoms with Crippen molar-refractivity contribution in [2.45, 2.75) is 33.4 Å². The molecule has 1 aromatic rings. The zero-order valence-electron chi connectivity index (χ0n) is 10.2. The molecule has 0 aromatic carbocycles. The van der Waals surface area contributed by atoms with E-state index in [0.29, 0.717) is 6.54 Å². The Labute approximate surface area is 96.0 Å². The van der Waals surface area contributed by atoms with Crippen LogP contribution in [0.1, 0.15) is 25.4 Å². The molecule has 1 aromatic heterocycles. The minimum absolute atomic E-state index is 0.0536. The fraction of sp³-hybridized carbons (Fsp3) is 0.583. The zero-order valence-corrected chi connectivity index (χ0v) is 10.2. The van der Waals surface area contributed by atoms with Gasteiger partial charge in [-0.05, 0) is 26.0 Å². The zero-order chi connectivity index (χ0) is 12.1. The molecule has 0 bridgehead atoms. The Morgan fingerprint density at radius 2 is 2.19 bits per heavy atom. The van der Waals surface area contributed by atoms with Gasteiger partial charge in [0.25, 0.3) is 0 Å². The molecule has 0 radical (unpaired) electrons. The number of ether oxygens (including phenoxy) is 1. The summed E-state index contributed by atoms with van der Waals surface area (Å²) >= 11 is 0. The maximum Gasteiger partial charge on any atom is 0.309 e. The second-order valence-electron chi connectivity index (χ2n) is 3.99. The van der Waals surface area contributed by atoms with E-state index in [-0.39, 0.29) is 17.9 Å². The SMILES string of the molecule is COC(=O)C(C)C(C)NCc1ccc(C)o1. The number of furan rings is 1. The number of carbonyl (C=O) groups is 1. The van der Waals surface area contributed by atoms with E-state index in [0.717, 1.165) is 11.5 Å². The Morgan fingerprint density at radius 1 is 1.50 bits per heavy atom. The summed E-state index contributed by atoms with van der Waals surface area (Å²) < 4.78 is 10.1. The quantitative estimate of drug-likeness (QED) is 0.777. The summed E-state index contributed by atoms with van der Waals surface area (Å²) in [4.78, 5) is 11.3. The van der Waals surface area contributed by atoms with Crippen LogP contribution in [0.4, 0.5) is 0 Å². The van der Waals surface area contributed by atoms with Crippen molar-refractivity contribution in [1.29, 1.82) is 0 Å². The van der Waals surface area contributed by atoms with Crippen molar-refractivity contribution in [2.75, 3.05) is 7.11 Å². The molecule has 0 aliphatic heterocycles. The Bertz CT molecular complexity index is 346. The molecule has 1 heterocycles. The maximum absolute atomic E-state index is 11.3. The highest BCUT2D eigenvalue weighted by molar-refractivity contribution is 5.72. The third-order valence-electron chi connectivity index (χ3n) is 2.72. The van der Waals surface area contributed by atoms with Gasteiger partial charge in [-0.3, -0.25) is 4.79 Å². The lowest BCUT2D eigenvalue weighted by atomic mass is 10.0. The molecule has 1 N–H and O–H groups in total. The van der Waals surface area contributed by atoms with Crippen LogP contribution in [0.3, 0.4) is 0 Å². The second kappa shape index (κ2) is 5.70. The first-order valence-corrected chi connectivity index (χ1v) is 5.41. The van der Waals surface area contributed by atoms with Gasteiger partial charge >= 0.3 is 5.97 Å². The van der Waals surface area contributed by atoms with Gasteiger partial charge in [-0.1, -0.05) is 6.92 Å². The molecular formula is C12H19NO3.